The van der Waals surface area contributed by atoms with E-state index in [2.05, 4.69) is 15.3 Å². The van der Waals surface area contributed by atoms with Gasteiger partial charge in [0.1, 0.15) is 6.33 Å². The monoisotopic (exact) mass is 222 g/mol. The minimum Gasteiger partial charge on any atom is -0.394 e. The Balaban J connectivity index is 1.55. The fourth-order valence-electron chi connectivity index (χ4n) is 1.40. The molecular formula is C11H18N4O. The highest BCUT2D eigenvalue weighted by Crippen LogP contribution is 2.28. The van der Waals surface area contributed by atoms with Gasteiger partial charge in [-0.15, -0.1) is 0 Å². The molecule has 1 heterocycles. The SMILES string of the molecule is Nc1cncnc1NCCCOCC1CC1. The first-order valence-corrected chi connectivity index (χ1v) is 5.73. The number of nitrogen functional groups attached to an aromatic ring is 1. The maximum absolute atomic E-state index is 5.69. The predicted molar refractivity (Wildman–Crippen MR) is 63.1 cm³/mol. The highest BCUT2D eigenvalue weighted by Gasteiger charge is 2.20. The summed E-state index contributed by atoms with van der Waals surface area (Å²) in [6.45, 7) is 2.55. The number of nitrogens with two attached hydrogens (primary N) is 1. The summed E-state index contributed by atoms with van der Waals surface area (Å²) in [6, 6.07) is 0. The van der Waals surface area contributed by atoms with Crippen LogP contribution in [0.1, 0.15) is 19.3 Å². The molecule has 0 saturated heterocycles. The molecule has 0 bridgehead atoms. The van der Waals surface area contributed by atoms with Crippen LogP contribution in [-0.2, 0) is 4.74 Å². The lowest BCUT2D eigenvalue weighted by Crippen LogP contribution is -2.09. The van der Waals surface area contributed by atoms with Crippen molar-refractivity contribution in [3.8, 4) is 0 Å². The van der Waals surface area contributed by atoms with E-state index in [0.717, 1.165) is 32.1 Å². The van der Waals surface area contributed by atoms with E-state index in [0.29, 0.717) is 11.5 Å². The van der Waals surface area contributed by atoms with Crippen LogP contribution >= 0.6 is 0 Å². The average Bonchev–Trinajstić information content (AvgIpc) is 3.09. The van der Waals surface area contributed by atoms with Crippen LogP contribution in [-0.4, -0.2) is 29.7 Å². The molecule has 1 aromatic heterocycles. The zero-order valence-electron chi connectivity index (χ0n) is 9.35. The Labute approximate surface area is 95.4 Å². The largest absolute Gasteiger partial charge is 0.394 e. The average molecular weight is 222 g/mol. The number of ether oxygens (including phenoxy) is 1. The molecule has 3 N–H and O–H groups in total. The van der Waals surface area contributed by atoms with E-state index in [9.17, 15) is 0 Å². The Morgan fingerprint density at radius 2 is 2.38 bits per heavy atom. The zero-order valence-corrected chi connectivity index (χ0v) is 9.35. The quantitative estimate of drug-likeness (QED) is 0.680. The fraction of sp³-hybridized carbons (Fsp3) is 0.636. The van der Waals surface area contributed by atoms with Crippen LogP contribution in [0.25, 0.3) is 0 Å². The molecule has 16 heavy (non-hydrogen) atoms. The number of hydrogen-bond acceptors (Lipinski definition) is 5. The number of aromatic nitrogens is 2. The van der Waals surface area contributed by atoms with E-state index >= 15 is 0 Å². The second-order valence-electron chi connectivity index (χ2n) is 4.13. The Hall–Kier alpha value is -1.36. The van der Waals surface area contributed by atoms with Gasteiger partial charge in [-0.2, -0.15) is 0 Å². The molecule has 0 spiro atoms. The van der Waals surface area contributed by atoms with Crippen LogP contribution in [0, 0.1) is 5.92 Å². The molecule has 0 radical (unpaired) electrons. The summed E-state index contributed by atoms with van der Waals surface area (Å²) in [5, 5.41) is 3.16. The lowest BCUT2D eigenvalue weighted by Gasteiger charge is -2.07. The lowest BCUT2D eigenvalue weighted by molar-refractivity contribution is 0.124. The maximum Gasteiger partial charge on any atom is 0.152 e. The second-order valence-corrected chi connectivity index (χ2v) is 4.13. The predicted octanol–water partition coefficient (Wildman–Crippen LogP) is 1.29. The molecule has 2 rings (SSSR count). The summed E-state index contributed by atoms with van der Waals surface area (Å²) in [5.41, 5.74) is 6.28. The molecule has 88 valence electrons. The minimum atomic E-state index is 0.585. The van der Waals surface area contributed by atoms with E-state index in [1.807, 2.05) is 0 Å². The molecular weight excluding hydrogens is 204 g/mol. The van der Waals surface area contributed by atoms with Crippen LogP contribution in [0.3, 0.4) is 0 Å². The van der Waals surface area contributed by atoms with Gasteiger partial charge in [0.25, 0.3) is 0 Å². The van der Waals surface area contributed by atoms with Crippen molar-refractivity contribution in [3.05, 3.63) is 12.5 Å². The van der Waals surface area contributed by atoms with Gasteiger partial charge >= 0.3 is 0 Å². The number of nitrogens with zero attached hydrogens (tertiary/aromatic N) is 2. The Morgan fingerprint density at radius 3 is 3.12 bits per heavy atom. The van der Waals surface area contributed by atoms with Crippen molar-refractivity contribution in [1.82, 2.24) is 9.97 Å². The molecule has 0 aliphatic heterocycles. The van der Waals surface area contributed by atoms with Gasteiger partial charge in [-0.05, 0) is 25.2 Å². The minimum absolute atomic E-state index is 0.585. The topological polar surface area (TPSA) is 73.1 Å². The molecule has 1 aromatic rings. The lowest BCUT2D eigenvalue weighted by atomic mass is 10.4. The van der Waals surface area contributed by atoms with Gasteiger partial charge in [0.05, 0.1) is 11.9 Å². The fourth-order valence-corrected chi connectivity index (χ4v) is 1.40. The van der Waals surface area contributed by atoms with Gasteiger partial charge in [-0.1, -0.05) is 0 Å². The van der Waals surface area contributed by atoms with Crippen LogP contribution < -0.4 is 11.1 Å². The smallest absolute Gasteiger partial charge is 0.152 e. The standard InChI is InChI=1S/C11H18N4O/c12-10-6-13-8-15-11(10)14-4-1-5-16-7-9-2-3-9/h6,8-9H,1-5,7,12H2,(H,13,14,15). The normalized spacial score (nSPS) is 15.0. The molecule has 1 aliphatic carbocycles. The molecule has 1 aliphatic rings. The third-order valence-corrected chi connectivity index (χ3v) is 2.55. The van der Waals surface area contributed by atoms with Gasteiger partial charge in [0, 0.05) is 19.8 Å². The van der Waals surface area contributed by atoms with Gasteiger partial charge in [0.2, 0.25) is 0 Å². The van der Waals surface area contributed by atoms with E-state index in [-0.39, 0.29) is 0 Å². The Kier molecular flexibility index (Phi) is 3.93. The molecule has 0 unspecified atom stereocenters. The molecule has 0 amide bonds. The highest BCUT2D eigenvalue weighted by atomic mass is 16.5. The van der Waals surface area contributed by atoms with E-state index in [1.54, 1.807) is 6.20 Å². The zero-order chi connectivity index (χ0) is 11.2. The summed E-state index contributed by atoms with van der Waals surface area (Å²) in [5.74, 6) is 1.54. The number of rotatable bonds is 7. The number of anilines is 2. The van der Waals surface area contributed by atoms with Crippen molar-refractivity contribution in [3.63, 3.8) is 0 Å². The molecule has 5 heteroatoms. The number of nitrogens with one attached hydrogen (secondary N) is 1. The molecule has 5 nitrogen and oxygen atoms in total. The van der Waals surface area contributed by atoms with Crippen molar-refractivity contribution in [1.29, 1.82) is 0 Å². The first kappa shape index (κ1) is 11.1. The molecule has 1 saturated carbocycles. The highest BCUT2D eigenvalue weighted by molar-refractivity contribution is 5.58. The van der Waals surface area contributed by atoms with Crippen molar-refractivity contribution in [2.24, 2.45) is 5.92 Å². The first-order chi connectivity index (χ1) is 7.86. The van der Waals surface area contributed by atoms with E-state index in [4.69, 9.17) is 10.5 Å². The molecule has 0 atom stereocenters. The second kappa shape index (κ2) is 5.65. The van der Waals surface area contributed by atoms with Crippen LogP contribution in [0.5, 0.6) is 0 Å². The summed E-state index contributed by atoms with van der Waals surface area (Å²) in [6.07, 6.45) is 6.74. The van der Waals surface area contributed by atoms with Gasteiger partial charge < -0.3 is 15.8 Å². The molecule has 1 fully saturated rings. The van der Waals surface area contributed by atoms with Crippen molar-refractivity contribution in [2.45, 2.75) is 19.3 Å². The number of hydrogen-bond donors (Lipinski definition) is 2. The van der Waals surface area contributed by atoms with Crippen LogP contribution in [0.15, 0.2) is 12.5 Å². The van der Waals surface area contributed by atoms with Gasteiger partial charge in [0.15, 0.2) is 5.82 Å². The third kappa shape index (κ3) is 3.66. The van der Waals surface area contributed by atoms with Gasteiger partial charge in [-0.3, -0.25) is 0 Å². The van der Waals surface area contributed by atoms with Gasteiger partial charge in [-0.25, -0.2) is 9.97 Å². The van der Waals surface area contributed by atoms with Crippen molar-refractivity contribution < 1.29 is 4.74 Å². The Morgan fingerprint density at radius 1 is 1.50 bits per heavy atom. The Bertz CT molecular complexity index is 328. The first-order valence-electron chi connectivity index (χ1n) is 5.73. The van der Waals surface area contributed by atoms with Crippen LogP contribution in [0.4, 0.5) is 11.5 Å². The van der Waals surface area contributed by atoms with Crippen molar-refractivity contribution >= 4 is 11.5 Å². The van der Waals surface area contributed by atoms with Crippen molar-refractivity contribution in [2.75, 3.05) is 30.8 Å². The molecule has 0 aromatic carbocycles. The van der Waals surface area contributed by atoms with Crippen LogP contribution in [0.2, 0.25) is 0 Å². The third-order valence-electron chi connectivity index (χ3n) is 2.55. The summed E-state index contributed by atoms with van der Waals surface area (Å²) >= 11 is 0. The summed E-state index contributed by atoms with van der Waals surface area (Å²) < 4.78 is 5.52. The van der Waals surface area contributed by atoms with E-state index in [1.165, 1.54) is 19.2 Å². The summed E-state index contributed by atoms with van der Waals surface area (Å²) in [4.78, 5) is 7.87. The summed E-state index contributed by atoms with van der Waals surface area (Å²) in [7, 11) is 0. The maximum atomic E-state index is 5.69. The van der Waals surface area contributed by atoms with E-state index < -0.39 is 0 Å².